The summed E-state index contributed by atoms with van der Waals surface area (Å²) in [6.45, 7) is 5.79. The summed E-state index contributed by atoms with van der Waals surface area (Å²) in [5.41, 5.74) is 6.12. The molecule has 2 aromatic rings. The van der Waals surface area contributed by atoms with Crippen LogP contribution in [0.2, 0.25) is 0 Å². The number of aryl methyl sites for hydroxylation is 2. The Kier molecular flexibility index (Phi) is 3.01. The molecule has 5 nitrogen and oxygen atoms in total. The molecule has 0 fully saturated rings. The molecule has 0 amide bonds. The molecule has 5 heteroatoms. The number of nitrogens with one attached hydrogen (secondary N) is 1. The lowest BCUT2D eigenvalue weighted by atomic mass is 10.2. The summed E-state index contributed by atoms with van der Waals surface area (Å²) < 4.78 is 0. The molecule has 3 N–H and O–H groups in total. The smallest absolute Gasteiger partial charge is 0.180 e. The molecule has 0 unspecified atom stereocenters. The van der Waals surface area contributed by atoms with Gasteiger partial charge in [0.1, 0.15) is 11.5 Å². The summed E-state index contributed by atoms with van der Waals surface area (Å²) >= 11 is 0. The van der Waals surface area contributed by atoms with Gasteiger partial charge in [-0.05, 0) is 32.9 Å². The minimum absolute atomic E-state index is 0.588. The van der Waals surface area contributed by atoms with Crippen molar-refractivity contribution in [3.63, 3.8) is 0 Å². The highest BCUT2D eigenvalue weighted by molar-refractivity contribution is 5.55. The first-order valence-electron chi connectivity index (χ1n) is 5.37. The van der Waals surface area contributed by atoms with Gasteiger partial charge < -0.3 is 5.43 Å². The first-order chi connectivity index (χ1) is 8.11. The van der Waals surface area contributed by atoms with Crippen LogP contribution in [0.4, 0.5) is 5.82 Å². The van der Waals surface area contributed by atoms with Gasteiger partial charge in [0.25, 0.3) is 0 Å². The van der Waals surface area contributed by atoms with Crippen LogP contribution in [0.15, 0.2) is 18.2 Å². The zero-order chi connectivity index (χ0) is 12.4. The van der Waals surface area contributed by atoms with Crippen molar-refractivity contribution < 1.29 is 0 Å². The Labute approximate surface area is 100 Å². The van der Waals surface area contributed by atoms with Gasteiger partial charge in [-0.1, -0.05) is 6.07 Å². The molecule has 2 aromatic heterocycles. The molecule has 0 radical (unpaired) electrons. The molecule has 0 bridgehead atoms. The van der Waals surface area contributed by atoms with Crippen LogP contribution in [0.1, 0.15) is 17.0 Å². The van der Waals surface area contributed by atoms with Gasteiger partial charge in [0.05, 0.1) is 0 Å². The Morgan fingerprint density at radius 1 is 1.06 bits per heavy atom. The normalized spacial score (nSPS) is 10.4. The summed E-state index contributed by atoms with van der Waals surface area (Å²) in [5.74, 6) is 6.66. The summed E-state index contributed by atoms with van der Waals surface area (Å²) in [4.78, 5) is 13.2. The highest BCUT2D eigenvalue weighted by atomic mass is 15.3. The first-order valence-corrected chi connectivity index (χ1v) is 5.37. The van der Waals surface area contributed by atoms with Crippen molar-refractivity contribution in [1.29, 1.82) is 0 Å². The molecular formula is C12H15N5. The quantitative estimate of drug-likeness (QED) is 0.606. The zero-order valence-corrected chi connectivity index (χ0v) is 10.2. The van der Waals surface area contributed by atoms with Crippen LogP contribution in [-0.4, -0.2) is 15.0 Å². The maximum atomic E-state index is 5.44. The maximum Gasteiger partial charge on any atom is 0.180 e. The van der Waals surface area contributed by atoms with E-state index in [1.165, 1.54) is 0 Å². The molecule has 17 heavy (non-hydrogen) atoms. The van der Waals surface area contributed by atoms with E-state index in [1.54, 1.807) is 0 Å². The first kappa shape index (κ1) is 11.5. The summed E-state index contributed by atoms with van der Waals surface area (Å²) in [6.07, 6.45) is 0. The third kappa shape index (κ3) is 2.24. The number of pyridine rings is 1. The molecule has 0 saturated carbocycles. The molecule has 0 aliphatic heterocycles. The largest absolute Gasteiger partial charge is 0.308 e. The van der Waals surface area contributed by atoms with Crippen LogP contribution in [0.3, 0.4) is 0 Å². The van der Waals surface area contributed by atoms with Gasteiger partial charge in [0.15, 0.2) is 5.82 Å². The average Bonchev–Trinajstić information content (AvgIpc) is 2.32. The number of nitrogen functional groups attached to an aromatic ring is 1. The third-order valence-corrected chi connectivity index (χ3v) is 2.64. The van der Waals surface area contributed by atoms with Crippen molar-refractivity contribution in [1.82, 2.24) is 15.0 Å². The molecule has 0 spiro atoms. The summed E-state index contributed by atoms with van der Waals surface area (Å²) in [5, 5.41) is 0. The standard InChI is InChI=1S/C12H15N5/c1-7-5-4-6-10(14-7)12-15-9(3)8(2)11(16-12)17-13/h4-6H,13H2,1-3H3,(H,15,16,17). The monoisotopic (exact) mass is 229 g/mol. The summed E-state index contributed by atoms with van der Waals surface area (Å²) in [7, 11) is 0. The Morgan fingerprint density at radius 2 is 1.82 bits per heavy atom. The summed E-state index contributed by atoms with van der Waals surface area (Å²) in [6, 6.07) is 5.76. The van der Waals surface area contributed by atoms with Gasteiger partial charge in [-0.2, -0.15) is 0 Å². The molecule has 2 heterocycles. The Balaban J connectivity index is 2.56. The molecule has 0 aromatic carbocycles. The van der Waals surface area contributed by atoms with Crippen LogP contribution in [0.25, 0.3) is 11.5 Å². The van der Waals surface area contributed by atoms with Crippen molar-refractivity contribution in [2.24, 2.45) is 5.84 Å². The second-order valence-electron chi connectivity index (χ2n) is 3.91. The number of nitrogens with zero attached hydrogens (tertiary/aromatic N) is 3. The van der Waals surface area contributed by atoms with Gasteiger partial charge >= 0.3 is 0 Å². The Bertz CT molecular complexity index is 551. The van der Waals surface area contributed by atoms with Gasteiger partial charge in [-0.3, -0.25) is 0 Å². The SMILES string of the molecule is Cc1cccc(-c2nc(C)c(C)c(NN)n2)n1. The van der Waals surface area contributed by atoms with E-state index in [2.05, 4.69) is 20.4 Å². The highest BCUT2D eigenvalue weighted by Crippen LogP contribution is 2.19. The highest BCUT2D eigenvalue weighted by Gasteiger charge is 2.09. The van der Waals surface area contributed by atoms with E-state index in [0.717, 1.165) is 22.6 Å². The second kappa shape index (κ2) is 4.47. The Morgan fingerprint density at radius 3 is 2.47 bits per heavy atom. The minimum Gasteiger partial charge on any atom is -0.308 e. The average molecular weight is 229 g/mol. The van der Waals surface area contributed by atoms with Gasteiger partial charge in [0.2, 0.25) is 0 Å². The van der Waals surface area contributed by atoms with E-state index in [-0.39, 0.29) is 0 Å². The molecule has 2 rings (SSSR count). The van der Waals surface area contributed by atoms with Gasteiger partial charge in [0, 0.05) is 17.0 Å². The number of anilines is 1. The van der Waals surface area contributed by atoms with Crippen molar-refractivity contribution in [2.75, 3.05) is 5.43 Å². The molecule has 0 atom stereocenters. The van der Waals surface area contributed by atoms with Crippen molar-refractivity contribution in [3.8, 4) is 11.5 Å². The predicted octanol–water partition coefficient (Wildman–Crippen LogP) is 1.75. The lowest BCUT2D eigenvalue weighted by Gasteiger charge is -2.09. The van der Waals surface area contributed by atoms with Crippen molar-refractivity contribution in [3.05, 3.63) is 35.2 Å². The zero-order valence-electron chi connectivity index (χ0n) is 10.2. The van der Waals surface area contributed by atoms with Crippen molar-refractivity contribution in [2.45, 2.75) is 20.8 Å². The van der Waals surface area contributed by atoms with Crippen LogP contribution >= 0.6 is 0 Å². The van der Waals surface area contributed by atoms with Crippen LogP contribution < -0.4 is 11.3 Å². The number of hydrogen-bond donors (Lipinski definition) is 2. The number of aromatic nitrogens is 3. The topological polar surface area (TPSA) is 76.7 Å². The van der Waals surface area contributed by atoms with Crippen LogP contribution in [-0.2, 0) is 0 Å². The van der Waals surface area contributed by atoms with E-state index >= 15 is 0 Å². The molecular weight excluding hydrogens is 214 g/mol. The third-order valence-electron chi connectivity index (χ3n) is 2.64. The molecule has 0 saturated heterocycles. The second-order valence-corrected chi connectivity index (χ2v) is 3.91. The lowest BCUT2D eigenvalue weighted by molar-refractivity contribution is 1.04. The van der Waals surface area contributed by atoms with Crippen LogP contribution in [0, 0.1) is 20.8 Å². The fourth-order valence-electron chi connectivity index (χ4n) is 1.55. The Hall–Kier alpha value is -2.01. The lowest BCUT2D eigenvalue weighted by Crippen LogP contribution is -2.12. The molecule has 0 aliphatic carbocycles. The van der Waals surface area contributed by atoms with E-state index < -0.39 is 0 Å². The number of hydrazine groups is 1. The molecule has 0 aliphatic rings. The van der Waals surface area contributed by atoms with Gasteiger partial charge in [-0.25, -0.2) is 20.8 Å². The van der Waals surface area contributed by atoms with E-state index in [4.69, 9.17) is 5.84 Å². The van der Waals surface area contributed by atoms with Crippen LogP contribution in [0.5, 0.6) is 0 Å². The van der Waals surface area contributed by atoms with Gasteiger partial charge in [-0.15, -0.1) is 0 Å². The number of nitrogens with two attached hydrogens (primary N) is 1. The number of hydrogen-bond acceptors (Lipinski definition) is 5. The van der Waals surface area contributed by atoms with E-state index in [9.17, 15) is 0 Å². The fourth-order valence-corrected chi connectivity index (χ4v) is 1.55. The molecule has 88 valence electrons. The van der Waals surface area contributed by atoms with Crippen molar-refractivity contribution >= 4 is 5.82 Å². The number of rotatable bonds is 2. The maximum absolute atomic E-state index is 5.44. The van der Waals surface area contributed by atoms with E-state index in [0.29, 0.717) is 11.6 Å². The van der Waals surface area contributed by atoms with E-state index in [1.807, 2.05) is 39.0 Å². The minimum atomic E-state index is 0.588. The predicted molar refractivity (Wildman–Crippen MR) is 67.3 cm³/mol. The fraction of sp³-hybridized carbons (Fsp3) is 0.250.